The Morgan fingerprint density at radius 2 is 2.04 bits per heavy atom. The van der Waals surface area contributed by atoms with Crippen LogP contribution in [-0.4, -0.2) is 54.8 Å². The van der Waals surface area contributed by atoms with Crippen LogP contribution in [0.15, 0.2) is 24.3 Å². The number of benzene rings is 1. The van der Waals surface area contributed by atoms with Crippen LogP contribution in [0.25, 0.3) is 11.4 Å². The van der Waals surface area contributed by atoms with Gasteiger partial charge in [0, 0.05) is 30.1 Å². The van der Waals surface area contributed by atoms with Crippen molar-refractivity contribution in [3.8, 4) is 11.4 Å². The van der Waals surface area contributed by atoms with Gasteiger partial charge in [-0.3, -0.25) is 4.79 Å². The molecule has 1 aromatic carbocycles. The van der Waals surface area contributed by atoms with Crippen LogP contribution in [0, 0.1) is 11.8 Å². The van der Waals surface area contributed by atoms with Gasteiger partial charge in [-0.15, -0.1) is 10.2 Å². The van der Waals surface area contributed by atoms with Gasteiger partial charge >= 0.3 is 0 Å². The molecule has 0 saturated carbocycles. The lowest BCUT2D eigenvalue weighted by Crippen LogP contribution is -2.52. The molecular formula is C19H27N5O2. The number of aliphatic hydroxyl groups is 1. The van der Waals surface area contributed by atoms with Gasteiger partial charge in [-0.1, -0.05) is 26.0 Å². The molecular weight excluding hydrogens is 330 g/mol. The minimum Gasteiger partial charge on any atom is -0.390 e. The second kappa shape index (κ2) is 7.15. The summed E-state index contributed by atoms with van der Waals surface area (Å²) < 4.78 is 0. The summed E-state index contributed by atoms with van der Waals surface area (Å²) >= 11 is 0. The number of carbonyl (C=O) groups excluding carboxylic acids is 1. The van der Waals surface area contributed by atoms with E-state index in [1.807, 2.05) is 24.0 Å². The van der Waals surface area contributed by atoms with Crippen molar-refractivity contribution in [1.29, 1.82) is 0 Å². The van der Waals surface area contributed by atoms with E-state index in [4.69, 9.17) is 0 Å². The van der Waals surface area contributed by atoms with Crippen LogP contribution in [0.3, 0.4) is 0 Å². The van der Waals surface area contributed by atoms with Crippen LogP contribution >= 0.6 is 0 Å². The van der Waals surface area contributed by atoms with E-state index in [1.165, 1.54) is 4.80 Å². The molecule has 7 heteroatoms. The predicted octanol–water partition coefficient (Wildman–Crippen LogP) is 2.14. The summed E-state index contributed by atoms with van der Waals surface area (Å²) in [7, 11) is 1.72. The molecule has 2 aromatic rings. The first-order valence-corrected chi connectivity index (χ1v) is 9.12. The molecule has 2 atom stereocenters. The van der Waals surface area contributed by atoms with E-state index in [1.54, 1.807) is 19.2 Å². The normalized spacial score (nSPS) is 23.5. The second-order valence-electron chi connectivity index (χ2n) is 7.86. The third kappa shape index (κ3) is 3.93. The summed E-state index contributed by atoms with van der Waals surface area (Å²) in [5.74, 6) is 1.13. The fourth-order valence-corrected chi connectivity index (χ4v) is 3.55. The molecule has 1 aromatic heterocycles. The summed E-state index contributed by atoms with van der Waals surface area (Å²) in [6, 6.07) is 7.29. The zero-order valence-electron chi connectivity index (χ0n) is 15.9. The van der Waals surface area contributed by atoms with E-state index in [2.05, 4.69) is 29.3 Å². The van der Waals surface area contributed by atoms with Gasteiger partial charge in [-0.25, -0.2) is 0 Å². The SMILES string of the molecule is CC(C)C[C@@H]1CN(C(=O)c2ccc(-c3nnn(C)n3)cc2)CC[C@]1(C)O. The van der Waals surface area contributed by atoms with Gasteiger partial charge in [0.2, 0.25) is 5.82 Å². The highest BCUT2D eigenvalue weighted by atomic mass is 16.3. The number of rotatable bonds is 4. The fourth-order valence-electron chi connectivity index (χ4n) is 3.55. The molecule has 140 valence electrons. The maximum Gasteiger partial charge on any atom is 0.253 e. The average Bonchev–Trinajstić information content (AvgIpc) is 3.02. The summed E-state index contributed by atoms with van der Waals surface area (Å²) in [4.78, 5) is 16.2. The van der Waals surface area contributed by atoms with Crippen molar-refractivity contribution in [2.24, 2.45) is 18.9 Å². The molecule has 7 nitrogen and oxygen atoms in total. The lowest BCUT2D eigenvalue weighted by Gasteiger charge is -2.43. The molecule has 2 heterocycles. The zero-order valence-corrected chi connectivity index (χ0v) is 15.9. The fraction of sp³-hybridized carbons (Fsp3) is 0.579. The number of likely N-dealkylation sites (tertiary alicyclic amines) is 1. The van der Waals surface area contributed by atoms with E-state index in [0.717, 1.165) is 12.0 Å². The van der Waals surface area contributed by atoms with E-state index >= 15 is 0 Å². The third-order valence-electron chi connectivity index (χ3n) is 5.15. The van der Waals surface area contributed by atoms with Crippen LogP contribution < -0.4 is 0 Å². The van der Waals surface area contributed by atoms with Crippen molar-refractivity contribution >= 4 is 5.91 Å². The lowest BCUT2D eigenvalue weighted by molar-refractivity contribution is -0.0577. The molecule has 0 aliphatic carbocycles. The minimum absolute atomic E-state index is 0.00733. The molecule has 1 aliphatic rings. The molecule has 26 heavy (non-hydrogen) atoms. The predicted molar refractivity (Wildman–Crippen MR) is 98.3 cm³/mol. The molecule has 1 fully saturated rings. The van der Waals surface area contributed by atoms with Gasteiger partial charge in [0.1, 0.15) is 0 Å². The van der Waals surface area contributed by atoms with Crippen LogP contribution in [0.1, 0.15) is 44.0 Å². The number of nitrogens with zero attached hydrogens (tertiary/aromatic N) is 5. The number of amides is 1. The molecule has 0 bridgehead atoms. The van der Waals surface area contributed by atoms with E-state index in [0.29, 0.717) is 36.8 Å². The topological polar surface area (TPSA) is 84.1 Å². The van der Waals surface area contributed by atoms with Crippen molar-refractivity contribution in [3.05, 3.63) is 29.8 Å². The molecule has 3 rings (SSSR count). The van der Waals surface area contributed by atoms with E-state index < -0.39 is 5.60 Å². The van der Waals surface area contributed by atoms with Crippen molar-refractivity contribution in [2.45, 2.75) is 39.2 Å². The first-order valence-electron chi connectivity index (χ1n) is 9.12. The van der Waals surface area contributed by atoms with Crippen LogP contribution in [0.2, 0.25) is 0 Å². The first-order chi connectivity index (χ1) is 12.3. The Kier molecular flexibility index (Phi) is 5.09. The number of aryl methyl sites for hydroxylation is 1. The maximum absolute atomic E-state index is 12.9. The molecule has 0 spiro atoms. The third-order valence-corrected chi connectivity index (χ3v) is 5.15. The molecule has 1 amide bonds. The highest BCUT2D eigenvalue weighted by Crippen LogP contribution is 2.33. The summed E-state index contributed by atoms with van der Waals surface area (Å²) in [6.07, 6.45) is 1.52. The second-order valence-corrected chi connectivity index (χ2v) is 7.86. The van der Waals surface area contributed by atoms with Crippen molar-refractivity contribution < 1.29 is 9.90 Å². The number of piperidine rings is 1. The standard InChI is InChI=1S/C19H27N5O2/c1-13(2)11-16-12-24(10-9-19(16,3)26)18(25)15-7-5-14(6-8-15)17-20-22-23(4)21-17/h5-8,13,16,26H,9-12H2,1-4H3/t16-,19+/m1/s1. The largest absolute Gasteiger partial charge is 0.390 e. The highest BCUT2D eigenvalue weighted by molar-refractivity contribution is 5.94. The van der Waals surface area contributed by atoms with Crippen molar-refractivity contribution in [3.63, 3.8) is 0 Å². The molecule has 0 radical (unpaired) electrons. The Bertz CT molecular complexity index is 766. The summed E-state index contributed by atoms with van der Waals surface area (Å²) in [6.45, 7) is 7.36. The van der Waals surface area contributed by atoms with Gasteiger partial charge < -0.3 is 10.0 Å². The Labute approximate surface area is 154 Å². The van der Waals surface area contributed by atoms with Gasteiger partial charge in [0.25, 0.3) is 5.91 Å². The van der Waals surface area contributed by atoms with E-state index in [-0.39, 0.29) is 11.8 Å². The van der Waals surface area contributed by atoms with Crippen molar-refractivity contribution in [1.82, 2.24) is 25.1 Å². The smallest absolute Gasteiger partial charge is 0.253 e. The average molecular weight is 357 g/mol. The van der Waals surface area contributed by atoms with Crippen LogP contribution in [0.4, 0.5) is 0 Å². The Morgan fingerprint density at radius 3 is 2.62 bits per heavy atom. The monoisotopic (exact) mass is 357 g/mol. The molecule has 1 N–H and O–H groups in total. The Balaban J connectivity index is 1.72. The van der Waals surface area contributed by atoms with Crippen LogP contribution in [0.5, 0.6) is 0 Å². The number of carbonyl (C=O) groups is 1. The van der Waals surface area contributed by atoms with Gasteiger partial charge in [-0.05, 0) is 43.0 Å². The van der Waals surface area contributed by atoms with Gasteiger partial charge in [-0.2, -0.15) is 4.80 Å². The molecule has 0 unspecified atom stereocenters. The van der Waals surface area contributed by atoms with Crippen molar-refractivity contribution in [2.75, 3.05) is 13.1 Å². The number of hydrogen-bond acceptors (Lipinski definition) is 5. The lowest BCUT2D eigenvalue weighted by atomic mass is 9.78. The Hall–Kier alpha value is -2.28. The molecule has 1 saturated heterocycles. The van der Waals surface area contributed by atoms with Gasteiger partial charge in [0.15, 0.2) is 0 Å². The molecule has 1 aliphatic heterocycles. The number of hydrogen-bond donors (Lipinski definition) is 1. The number of tetrazole rings is 1. The first kappa shape index (κ1) is 18.5. The quantitative estimate of drug-likeness (QED) is 0.906. The number of aromatic nitrogens is 4. The zero-order chi connectivity index (χ0) is 18.9. The van der Waals surface area contributed by atoms with Crippen LogP contribution in [-0.2, 0) is 7.05 Å². The minimum atomic E-state index is -0.706. The maximum atomic E-state index is 12.9. The van der Waals surface area contributed by atoms with Gasteiger partial charge in [0.05, 0.1) is 12.6 Å². The summed E-state index contributed by atoms with van der Waals surface area (Å²) in [5, 5.41) is 22.6. The van der Waals surface area contributed by atoms with E-state index in [9.17, 15) is 9.90 Å². The highest BCUT2D eigenvalue weighted by Gasteiger charge is 2.39. The summed E-state index contributed by atoms with van der Waals surface area (Å²) in [5.41, 5.74) is 0.763. The Morgan fingerprint density at radius 1 is 1.35 bits per heavy atom.